The fraction of sp³-hybridized carbons (Fsp3) is 0.130. The summed E-state index contributed by atoms with van der Waals surface area (Å²) in [6.07, 6.45) is 0. The predicted molar refractivity (Wildman–Crippen MR) is 118 cm³/mol. The standard InChI is InChI=1S/C23H22N4O3/c1-28-19-14-21(30-3)20(29-2)13-18(19)26-27-23-22(15-9-5-4-6-10-15)24-16-11-7-8-12-17(16)25-23/h4-14,26H,1-3H3,(H,25,27). The van der Waals surface area contributed by atoms with Gasteiger partial charge in [0.2, 0.25) is 0 Å². The zero-order valence-electron chi connectivity index (χ0n) is 17.0. The van der Waals surface area contributed by atoms with E-state index in [1.807, 2.05) is 54.6 Å². The molecule has 0 aliphatic rings. The fourth-order valence-corrected chi connectivity index (χ4v) is 3.14. The molecule has 30 heavy (non-hydrogen) atoms. The van der Waals surface area contributed by atoms with E-state index in [-0.39, 0.29) is 0 Å². The number of hydrogen-bond donors (Lipinski definition) is 2. The molecular formula is C23H22N4O3. The molecule has 7 nitrogen and oxygen atoms in total. The first-order chi connectivity index (χ1) is 14.7. The second kappa shape index (κ2) is 8.57. The van der Waals surface area contributed by atoms with Gasteiger partial charge in [-0.25, -0.2) is 9.97 Å². The number of fused-ring (bicyclic) bond motifs is 1. The van der Waals surface area contributed by atoms with Crippen LogP contribution < -0.4 is 25.1 Å². The smallest absolute Gasteiger partial charge is 0.171 e. The van der Waals surface area contributed by atoms with Crippen molar-refractivity contribution in [1.29, 1.82) is 0 Å². The van der Waals surface area contributed by atoms with Crippen molar-refractivity contribution >= 4 is 22.5 Å². The number of rotatable bonds is 7. The molecule has 7 heteroatoms. The zero-order valence-corrected chi connectivity index (χ0v) is 17.0. The Hall–Kier alpha value is -4.00. The van der Waals surface area contributed by atoms with Crippen LogP contribution in [0.5, 0.6) is 17.2 Å². The molecule has 0 fully saturated rings. The average molecular weight is 402 g/mol. The van der Waals surface area contributed by atoms with Crippen LogP contribution in [0.15, 0.2) is 66.7 Å². The Bertz CT molecular complexity index is 1170. The van der Waals surface area contributed by atoms with E-state index >= 15 is 0 Å². The molecule has 0 atom stereocenters. The number of nitrogens with zero attached hydrogens (tertiary/aromatic N) is 2. The summed E-state index contributed by atoms with van der Waals surface area (Å²) in [5, 5.41) is 0. The molecule has 0 amide bonds. The molecule has 0 saturated carbocycles. The normalized spacial score (nSPS) is 10.5. The van der Waals surface area contributed by atoms with Crippen molar-refractivity contribution in [1.82, 2.24) is 9.97 Å². The highest BCUT2D eigenvalue weighted by Crippen LogP contribution is 2.38. The van der Waals surface area contributed by atoms with Crippen LogP contribution in [0.3, 0.4) is 0 Å². The summed E-state index contributed by atoms with van der Waals surface area (Å²) in [6.45, 7) is 0. The van der Waals surface area contributed by atoms with Gasteiger partial charge in [-0.1, -0.05) is 42.5 Å². The van der Waals surface area contributed by atoms with E-state index in [9.17, 15) is 0 Å². The van der Waals surface area contributed by atoms with Gasteiger partial charge in [0.05, 0.1) is 32.4 Å². The third-order valence-electron chi connectivity index (χ3n) is 4.64. The van der Waals surface area contributed by atoms with Gasteiger partial charge < -0.3 is 14.2 Å². The summed E-state index contributed by atoms with van der Waals surface area (Å²) >= 11 is 0. The quantitative estimate of drug-likeness (QED) is 0.432. The molecule has 0 spiro atoms. The number of aromatic nitrogens is 2. The van der Waals surface area contributed by atoms with Gasteiger partial charge in [0.1, 0.15) is 17.1 Å². The Morgan fingerprint density at radius 1 is 0.633 bits per heavy atom. The van der Waals surface area contributed by atoms with Crippen LogP contribution >= 0.6 is 0 Å². The molecule has 0 aliphatic heterocycles. The SMILES string of the molecule is COc1cc(OC)c(OC)cc1NNc1nc2ccccc2nc1-c1ccccc1. The second-order valence-electron chi connectivity index (χ2n) is 6.43. The van der Waals surface area contributed by atoms with Crippen LogP contribution in [-0.2, 0) is 0 Å². The molecule has 1 aromatic heterocycles. The maximum Gasteiger partial charge on any atom is 0.171 e. The lowest BCUT2D eigenvalue weighted by Crippen LogP contribution is -2.13. The highest BCUT2D eigenvalue weighted by atomic mass is 16.5. The van der Waals surface area contributed by atoms with E-state index in [2.05, 4.69) is 10.9 Å². The summed E-state index contributed by atoms with van der Waals surface area (Å²) in [6, 6.07) is 21.2. The van der Waals surface area contributed by atoms with Crippen molar-refractivity contribution in [3.8, 4) is 28.5 Å². The second-order valence-corrected chi connectivity index (χ2v) is 6.43. The molecule has 4 aromatic rings. The maximum absolute atomic E-state index is 5.49. The summed E-state index contributed by atoms with van der Waals surface area (Å²) < 4.78 is 16.2. The highest BCUT2D eigenvalue weighted by Gasteiger charge is 2.14. The molecule has 0 bridgehead atoms. The van der Waals surface area contributed by atoms with Gasteiger partial charge in [0.15, 0.2) is 17.3 Å². The lowest BCUT2D eigenvalue weighted by atomic mass is 10.1. The number of anilines is 2. The summed E-state index contributed by atoms with van der Waals surface area (Å²) in [5.41, 5.74) is 10.3. The van der Waals surface area contributed by atoms with E-state index in [0.717, 1.165) is 22.3 Å². The molecule has 0 aliphatic carbocycles. The van der Waals surface area contributed by atoms with E-state index in [0.29, 0.717) is 28.8 Å². The van der Waals surface area contributed by atoms with E-state index < -0.39 is 0 Å². The Labute approximate surface area is 174 Å². The minimum Gasteiger partial charge on any atom is -0.494 e. The van der Waals surface area contributed by atoms with Gasteiger partial charge in [-0.3, -0.25) is 10.9 Å². The molecule has 1 heterocycles. The highest BCUT2D eigenvalue weighted by molar-refractivity contribution is 5.83. The molecule has 152 valence electrons. The van der Waals surface area contributed by atoms with Crippen LogP contribution in [-0.4, -0.2) is 31.3 Å². The number of benzene rings is 3. The summed E-state index contributed by atoms with van der Waals surface area (Å²) in [4.78, 5) is 9.59. The Balaban J connectivity index is 1.74. The van der Waals surface area contributed by atoms with E-state index in [4.69, 9.17) is 24.2 Å². The first kappa shape index (κ1) is 19.3. The molecule has 2 N–H and O–H groups in total. The van der Waals surface area contributed by atoms with Crippen LogP contribution in [0.25, 0.3) is 22.3 Å². The van der Waals surface area contributed by atoms with Gasteiger partial charge in [-0.15, -0.1) is 0 Å². The Kier molecular flexibility index (Phi) is 5.52. The summed E-state index contributed by atoms with van der Waals surface area (Å²) in [7, 11) is 4.76. The number of hydrogen-bond acceptors (Lipinski definition) is 7. The molecule has 0 unspecified atom stereocenters. The predicted octanol–water partition coefficient (Wildman–Crippen LogP) is 4.76. The van der Waals surface area contributed by atoms with Crippen molar-refractivity contribution in [2.45, 2.75) is 0 Å². The van der Waals surface area contributed by atoms with Gasteiger partial charge in [0.25, 0.3) is 0 Å². The molecule has 0 radical (unpaired) electrons. The van der Waals surface area contributed by atoms with Crippen molar-refractivity contribution < 1.29 is 14.2 Å². The van der Waals surface area contributed by atoms with Crippen molar-refractivity contribution in [2.24, 2.45) is 0 Å². The number of ether oxygens (including phenoxy) is 3. The lowest BCUT2D eigenvalue weighted by molar-refractivity contribution is 0.349. The van der Waals surface area contributed by atoms with Gasteiger partial charge in [0, 0.05) is 17.7 Å². The van der Waals surface area contributed by atoms with Crippen molar-refractivity contribution in [3.63, 3.8) is 0 Å². The average Bonchev–Trinajstić information content (AvgIpc) is 2.82. The molecule has 3 aromatic carbocycles. The molecule has 0 saturated heterocycles. The number of nitrogens with one attached hydrogen (secondary N) is 2. The zero-order chi connectivity index (χ0) is 20.9. The third kappa shape index (κ3) is 3.77. The Morgan fingerprint density at radius 2 is 1.23 bits per heavy atom. The minimum absolute atomic E-state index is 0.579. The van der Waals surface area contributed by atoms with Gasteiger partial charge in [-0.2, -0.15) is 0 Å². The van der Waals surface area contributed by atoms with Crippen LogP contribution in [0.1, 0.15) is 0 Å². The van der Waals surface area contributed by atoms with Gasteiger partial charge >= 0.3 is 0 Å². The van der Waals surface area contributed by atoms with Gasteiger partial charge in [-0.05, 0) is 12.1 Å². The van der Waals surface area contributed by atoms with Crippen molar-refractivity contribution in [2.75, 3.05) is 32.2 Å². The summed E-state index contributed by atoms with van der Waals surface area (Å²) in [5.74, 6) is 2.35. The lowest BCUT2D eigenvalue weighted by Gasteiger charge is -2.17. The molecular weight excluding hydrogens is 380 g/mol. The fourth-order valence-electron chi connectivity index (χ4n) is 3.14. The van der Waals surface area contributed by atoms with Crippen molar-refractivity contribution in [3.05, 3.63) is 66.7 Å². The monoisotopic (exact) mass is 402 g/mol. The van der Waals surface area contributed by atoms with Crippen LogP contribution in [0.2, 0.25) is 0 Å². The largest absolute Gasteiger partial charge is 0.494 e. The number of hydrazine groups is 1. The maximum atomic E-state index is 5.49. The third-order valence-corrected chi connectivity index (χ3v) is 4.64. The first-order valence-corrected chi connectivity index (χ1v) is 9.37. The topological polar surface area (TPSA) is 77.5 Å². The Morgan fingerprint density at radius 3 is 1.90 bits per heavy atom. The minimum atomic E-state index is 0.579. The molecule has 4 rings (SSSR count). The van der Waals surface area contributed by atoms with Crippen LogP contribution in [0.4, 0.5) is 11.5 Å². The van der Waals surface area contributed by atoms with E-state index in [1.165, 1.54) is 0 Å². The number of para-hydroxylation sites is 2. The van der Waals surface area contributed by atoms with E-state index in [1.54, 1.807) is 33.5 Å². The first-order valence-electron chi connectivity index (χ1n) is 9.37. The van der Waals surface area contributed by atoms with Crippen LogP contribution in [0, 0.1) is 0 Å². The number of methoxy groups -OCH3 is 3.